The number of nitrogens with one attached hydrogen (secondary N) is 1. The predicted octanol–water partition coefficient (Wildman–Crippen LogP) is 2.31. The molecule has 3 saturated heterocycles. The maximum atomic E-state index is 12.5. The van der Waals surface area contributed by atoms with Gasteiger partial charge in [-0.15, -0.1) is 24.8 Å². The molecule has 4 nitrogen and oxygen atoms in total. The number of nitrogens with zero attached hydrogens (tertiary/aromatic N) is 2. The van der Waals surface area contributed by atoms with Gasteiger partial charge in [-0.2, -0.15) is 0 Å². The summed E-state index contributed by atoms with van der Waals surface area (Å²) in [6.45, 7) is 6.84. The maximum Gasteiger partial charge on any atom is 0.239 e. The van der Waals surface area contributed by atoms with Crippen molar-refractivity contribution >= 4 is 30.7 Å². The van der Waals surface area contributed by atoms with Gasteiger partial charge in [0.2, 0.25) is 5.91 Å². The number of halogens is 2. The molecule has 0 aliphatic carbocycles. The molecule has 22 heavy (non-hydrogen) atoms. The highest BCUT2D eigenvalue weighted by atomic mass is 35.5. The maximum absolute atomic E-state index is 12.5. The van der Waals surface area contributed by atoms with Crippen LogP contribution in [-0.2, 0) is 4.79 Å². The van der Waals surface area contributed by atoms with Gasteiger partial charge < -0.3 is 15.1 Å². The molecule has 130 valence electrons. The van der Waals surface area contributed by atoms with Crippen molar-refractivity contribution in [3.8, 4) is 0 Å². The molecule has 6 heteroatoms. The molecule has 0 bridgehead atoms. The second-order valence-electron chi connectivity index (χ2n) is 6.78. The number of carbonyl (C=O) groups excluding carboxylic acids is 1. The first kappa shape index (κ1) is 20.0. The van der Waals surface area contributed by atoms with Crippen LogP contribution in [0.1, 0.15) is 44.9 Å². The number of hydrogen-bond donors (Lipinski definition) is 1. The Hall–Kier alpha value is -0.0300. The first-order chi connectivity index (χ1) is 9.83. The van der Waals surface area contributed by atoms with E-state index in [9.17, 15) is 4.79 Å². The molecule has 0 spiro atoms. The summed E-state index contributed by atoms with van der Waals surface area (Å²) in [5.41, 5.74) is 0. The Kier molecular flexibility index (Phi) is 9.07. The molecule has 3 heterocycles. The fourth-order valence-electron chi connectivity index (χ4n) is 3.95. The minimum atomic E-state index is 0. The lowest BCUT2D eigenvalue weighted by Crippen LogP contribution is -2.51. The molecular formula is C16H31Cl2N3O. The lowest BCUT2D eigenvalue weighted by Gasteiger charge is -2.36. The fraction of sp³-hybridized carbons (Fsp3) is 0.938. The van der Waals surface area contributed by atoms with Gasteiger partial charge >= 0.3 is 0 Å². The van der Waals surface area contributed by atoms with Crippen molar-refractivity contribution in [2.75, 3.05) is 39.3 Å². The molecule has 0 radical (unpaired) electrons. The molecule has 3 aliphatic heterocycles. The Labute approximate surface area is 147 Å². The van der Waals surface area contributed by atoms with Crippen molar-refractivity contribution in [2.45, 2.75) is 51.0 Å². The average Bonchev–Trinajstić information content (AvgIpc) is 3.01. The van der Waals surface area contributed by atoms with E-state index in [0.29, 0.717) is 5.91 Å². The topological polar surface area (TPSA) is 35.6 Å². The first-order valence-electron chi connectivity index (χ1n) is 8.57. The minimum absolute atomic E-state index is 0. The quantitative estimate of drug-likeness (QED) is 0.847. The van der Waals surface area contributed by atoms with Crippen molar-refractivity contribution < 1.29 is 4.79 Å². The standard InChI is InChI=1S/C16H29N3O.2ClH/c20-16(15-5-1-2-8-17-15)19-11-6-14(7-12-19)13-18-9-3-4-10-18;;/h14-15,17H,1-13H2;2*1H/t15-;;/m1../s1. The molecule has 3 aliphatic rings. The second kappa shape index (κ2) is 9.96. The van der Waals surface area contributed by atoms with E-state index in [1.54, 1.807) is 0 Å². The summed E-state index contributed by atoms with van der Waals surface area (Å²) in [6, 6.07) is 0.110. The summed E-state index contributed by atoms with van der Waals surface area (Å²) in [6.07, 6.45) is 8.63. The number of piperidine rings is 2. The molecular weight excluding hydrogens is 321 g/mol. The van der Waals surface area contributed by atoms with E-state index in [1.807, 2.05) is 0 Å². The van der Waals surface area contributed by atoms with Gasteiger partial charge in [0, 0.05) is 19.6 Å². The number of hydrogen-bond acceptors (Lipinski definition) is 3. The zero-order valence-corrected chi connectivity index (χ0v) is 15.1. The summed E-state index contributed by atoms with van der Waals surface area (Å²) in [7, 11) is 0. The van der Waals surface area contributed by atoms with Crippen molar-refractivity contribution in [1.29, 1.82) is 0 Å². The van der Waals surface area contributed by atoms with Gasteiger partial charge in [0.1, 0.15) is 0 Å². The molecule has 1 N–H and O–H groups in total. The highest BCUT2D eigenvalue weighted by molar-refractivity contribution is 5.85. The van der Waals surface area contributed by atoms with Gasteiger partial charge in [0.25, 0.3) is 0 Å². The van der Waals surface area contributed by atoms with Crippen LogP contribution >= 0.6 is 24.8 Å². The predicted molar refractivity (Wildman–Crippen MR) is 95.1 cm³/mol. The molecule has 3 fully saturated rings. The van der Waals surface area contributed by atoms with Gasteiger partial charge in [-0.25, -0.2) is 0 Å². The number of carbonyl (C=O) groups is 1. The van der Waals surface area contributed by atoms with Crippen LogP contribution in [0.5, 0.6) is 0 Å². The summed E-state index contributed by atoms with van der Waals surface area (Å²) in [4.78, 5) is 17.2. The summed E-state index contributed by atoms with van der Waals surface area (Å²) < 4.78 is 0. The molecule has 0 aromatic carbocycles. The van der Waals surface area contributed by atoms with Crippen molar-refractivity contribution in [3.05, 3.63) is 0 Å². The van der Waals surface area contributed by atoms with E-state index < -0.39 is 0 Å². The third-order valence-corrected chi connectivity index (χ3v) is 5.25. The number of amides is 1. The van der Waals surface area contributed by atoms with E-state index in [-0.39, 0.29) is 30.9 Å². The monoisotopic (exact) mass is 351 g/mol. The van der Waals surface area contributed by atoms with E-state index in [1.165, 1.54) is 58.2 Å². The minimum Gasteiger partial charge on any atom is -0.341 e. The third kappa shape index (κ3) is 5.26. The smallest absolute Gasteiger partial charge is 0.239 e. The highest BCUT2D eigenvalue weighted by Gasteiger charge is 2.29. The summed E-state index contributed by atoms with van der Waals surface area (Å²) in [5.74, 6) is 1.18. The fourth-order valence-corrected chi connectivity index (χ4v) is 3.95. The van der Waals surface area contributed by atoms with Crippen molar-refractivity contribution in [2.24, 2.45) is 5.92 Å². The zero-order valence-electron chi connectivity index (χ0n) is 13.5. The molecule has 3 rings (SSSR count). The normalized spacial score (nSPS) is 27.1. The van der Waals surface area contributed by atoms with Crippen molar-refractivity contribution in [1.82, 2.24) is 15.1 Å². The summed E-state index contributed by atoms with van der Waals surface area (Å²) >= 11 is 0. The summed E-state index contributed by atoms with van der Waals surface area (Å²) in [5, 5.41) is 3.39. The van der Waals surface area contributed by atoms with E-state index >= 15 is 0 Å². The molecule has 1 amide bonds. The van der Waals surface area contributed by atoms with Crippen LogP contribution in [0.15, 0.2) is 0 Å². The molecule has 0 aromatic rings. The van der Waals surface area contributed by atoms with E-state index in [4.69, 9.17) is 0 Å². The molecule has 1 atom stereocenters. The Balaban J connectivity index is 0.00000121. The van der Waals surface area contributed by atoms with Gasteiger partial charge in [-0.3, -0.25) is 4.79 Å². The van der Waals surface area contributed by atoms with Gasteiger partial charge in [-0.1, -0.05) is 6.42 Å². The SMILES string of the molecule is Cl.Cl.O=C([C@H]1CCCCN1)N1CCC(CN2CCCC2)CC1. The number of likely N-dealkylation sites (tertiary alicyclic amines) is 2. The average molecular weight is 352 g/mol. The van der Waals surface area contributed by atoms with Gasteiger partial charge in [-0.05, 0) is 64.1 Å². The Morgan fingerprint density at radius 3 is 2.18 bits per heavy atom. The van der Waals surface area contributed by atoms with Crippen LogP contribution in [0, 0.1) is 5.92 Å². The molecule has 0 saturated carbocycles. The van der Waals surface area contributed by atoms with Crippen LogP contribution in [0.4, 0.5) is 0 Å². The third-order valence-electron chi connectivity index (χ3n) is 5.25. The van der Waals surface area contributed by atoms with Crippen molar-refractivity contribution in [3.63, 3.8) is 0 Å². The van der Waals surface area contributed by atoms with Gasteiger partial charge in [0.15, 0.2) is 0 Å². The van der Waals surface area contributed by atoms with Crippen LogP contribution in [0.25, 0.3) is 0 Å². The van der Waals surface area contributed by atoms with Gasteiger partial charge in [0.05, 0.1) is 6.04 Å². The van der Waals surface area contributed by atoms with E-state index in [0.717, 1.165) is 32.0 Å². The molecule has 0 unspecified atom stereocenters. The van der Waals surface area contributed by atoms with Crippen LogP contribution < -0.4 is 5.32 Å². The lowest BCUT2D eigenvalue weighted by molar-refractivity contribution is -0.135. The lowest BCUT2D eigenvalue weighted by atomic mass is 9.95. The van der Waals surface area contributed by atoms with Crippen LogP contribution in [0.3, 0.4) is 0 Å². The highest BCUT2D eigenvalue weighted by Crippen LogP contribution is 2.22. The van der Waals surface area contributed by atoms with Crippen LogP contribution in [-0.4, -0.2) is 61.0 Å². The second-order valence-corrected chi connectivity index (χ2v) is 6.78. The largest absolute Gasteiger partial charge is 0.341 e. The van der Waals surface area contributed by atoms with Crippen LogP contribution in [0.2, 0.25) is 0 Å². The number of rotatable bonds is 3. The van der Waals surface area contributed by atoms with E-state index in [2.05, 4.69) is 15.1 Å². The Bertz CT molecular complexity index is 323. The zero-order chi connectivity index (χ0) is 13.8. The first-order valence-corrected chi connectivity index (χ1v) is 8.57. The molecule has 0 aromatic heterocycles. The Morgan fingerprint density at radius 2 is 1.59 bits per heavy atom. The Morgan fingerprint density at radius 1 is 0.909 bits per heavy atom.